The van der Waals surface area contributed by atoms with Crippen LogP contribution >= 0.6 is 0 Å². The molecule has 1 aromatic heterocycles. The molecule has 0 radical (unpaired) electrons. The summed E-state index contributed by atoms with van der Waals surface area (Å²) in [5.74, 6) is 0. The zero-order valence-corrected chi connectivity index (χ0v) is 5.54. The second kappa shape index (κ2) is 2.60. The topological polar surface area (TPSA) is 40.5 Å². The number of hydrogen-bond acceptors (Lipinski definition) is 1. The first-order valence-electron chi connectivity index (χ1n) is 3.03. The largest absolute Gasteiger partial charge is 0.352 e. The van der Waals surface area contributed by atoms with Crippen LogP contribution in [0.2, 0.25) is 0 Å². The predicted molar refractivity (Wildman–Crippen MR) is 35.5 cm³/mol. The highest BCUT2D eigenvalue weighted by Crippen LogP contribution is 2.02. The van der Waals surface area contributed by atoms with E-state index in [4.69, 9.17) is 0 Å². The molecule has 0 aliphatic rings. The quantitative estimate of drug-likeness (QED) is 0.576. The predicted octanol–water partition coefficient (Wildman–Crippen LogP) is 0.384. The van der Waals surface area contributed by atoms with Crippen molar-refractivity contribution in [2.45, 2.75) is 13.0 Å². The second-order valence-corrected chi connectivity index (χ2v) is 2.19. The molecule has 1 aromatic rings. The zero-order valence-electron chi connectivity index (χ0n) is 5.54. The van der Waals surface area contributed by atoms with Gasteiger partial charge in [-0.05, 0) is 13.0 Å². The number of rotatable bonds is 1. The summed E-state index contributed by atoms with van der Waals surface area (Å²) in [4.78, 5) is 3.97. The fourth-order valence-electron chi connectivity index (χ4n) is 0.667. The van der Waals surface area contributed by atoms with Crippen molar-refractivity contribution in [1.29, 1.82) is 0 Å². The molecular weight excluding hydrogens is 112 g/mol. The van der Waals surface area contributed by atoms with Crippen molar-refractivity contribution in [2.75, 3.05) is 0 Å². The van der Waals surface area contributed by atoms with E-state index >= 15 is 0 Å². The molecule has 0 aliphatic carbocycles. The Balaban J connectivity index is 2.85. The van der Waals surface area contributed by atoms with Gasteiger partial charge in [0.1, 0.15) is 6.04 Å². The van der Waals surface area contributed by atoms with Crippen LogP contribution in [0.15, 0.2) is 24.5 Å². The fourth-order valence-corrected chi connectivity index (χ4v) is 0.667. The van der Waals surface area contributed by atoms with Crippen LogP contribution in [0.5, 0.6) is 0 Å². The van der Waals surface area contributed by atoms with E-state index in [1.54, 1.807) is 6.20 Å². The molecule has 48 valence electrons. The van der Waals surface area contributed by atoms with Gasteiger partial charge < -0.3 is 5.73 Å². The Bertz CT molecular complexity index is 170. The molecule has 0 bridgehead atoms. The van der Waals surface area contributed by atoms with Crippen LogP contribution in [-0.4, -0.2) is 4.98 Å². The number of hydrogen-bond donors (Lipinski definition) is 1. The highest BCUT2D eigenvalue weighted by molar-refractivity contribution is 5.09. The average Bonchev–Trinajstić information content (AvgIpc) is 1.90. The average molecular weight is 123 g/mol. The molecule has 2 heteroatoms. The summed E-state index contributed by atoms with van der Waals surface area (Å²) in [6.45, 7) is 2.05. The van der Waals surface area contributed by atoms with Gasteiger partial charge in [0.15, 0.2) is 0 Å². The molecule has 2 nitrogen and oxygen atoms in total. The molecule has 0 amide bonds. The van der Waals surface area contributed by atoms with Crippen molar-refractivity contribution in [3.05, 3.63) is 30.1 Å². The molecular formula is C7H11N2+. The van der Waals surface area contributed by atoms with E-state index in [1.807, 2.05) is 18.3 Å². The molecule has 0 aliphatic heterocycles. The molecule has 0 unspecified atom stereocenters. The van der Waals surface area contributed by atoms with Crippen LogP contribution in [0.25, 0.3) is 0 Å². The zero-order chi connectivity index (χ0) is 6.69. The summed E-state index contributed by atoms with van der Waals surface area (Å²) in [7, 11) is 0. The first kappa shape index (κ1) is 6.23. The van der Waals surface area contributed by atoms with Gasteiger partial charge >= 0.3 is 0 Å². The van der Waals surface area contributed by atoms with Gasteiger partial charge in [0.05, 0.1) is 0 Å². The fraction of sp³-hybridized carbons (Fsp3) is 0.286. The smallest absolute Gasteiger partial charge is 0.109 e. The van der Waals surface area contributed by atoms with Crippen molar-refractivity contribution in [1.82, 2.24) is 4.98 Å². The maximum atomic E-state index is 3.97. The number of aromatic nitrogens is 1. The van der Waals surface area contributed by atoms with E-state index in [0.29, 0.717) is 6.04 Å². The molecule has 1 heterocycles. The minimum atomic E-state index is 0.346. The van der Waals surface area contributed by atoms with Gasteiger partial charge in [-0.25, -0.2) is 0 Å². The van der Waals surface area contributed by atoms with Gasteiger partial charge in [0.25, 0.3) is 0 Å². The van der Waals surface area contributed by atoms with Crippen LogP contribution in [0, 0.1) is 0 Å². The van der Waals surface area contributed by atoms with Gasteiger partial charge in [0, 0.05) is 18.0 Å². The Hall–Kier alpha value is -0.890. The van der Waals surface area contributed by atoms with Crippen LogP contribution in [0.3, 0.4) is 0 Å². The molecule has 3 N–H and O–H groups in total. The van der Waals surface area contributed by atoms with Crippen LogP contribution < -0.4 is 5.73 Å². The highest BCUT2D eigenvalue weighted by Gasteiger charge is 1.98. The van der Waals surface area contributed by atoms with Crippen LogP contribution in [0.1, 0.15) is 18.5 Å². The van der Waals surface area contributed by atoms with E-state index < -0.39 is 0 Å². The van der Waals surface area contributed by atoms with Crippen molar-refractivity contribution in [3.63, 3.8) is 0 Å². The molecule has 1 atom stereocenters. The Kier molecular flexibility index (Phi) is 1.80. The van der Waals surface area contributed by atoms with Gasteiger partial charge in [-0.2, -0.15) is 0 Å². The number of quaternary nitrogens is 1. The molecule has 0 fully saturated rings. The third-order valence-corrected chi connectivity index (χ3v) is 1.25. The van der Waals surface area contributed by atoms with Gasteiger partial charge in [-0.15, -0.1) is 0 Å². The van der Waals surface area contributed by atoms with E-state index in [0.717, 1.165) is 0 Å². The molecule has 0 saturated heterocycles. The number of pyridine rings is 1. The third kappa shape index (κ3) is 1.50. The van der Waals surface area contributed by atoms with Gasteiger partial charge in [0.2, 0.25) is 0 Å². The van der Waals surface area contributed by atoms with Crippen molar-refractivity contribution in [2.24, 2.45) is 0 Å². The standard InChI is InChI=1S/C7H10N2/c1-6(8)7-3-2-4-9-5-7/h2-6H,8H2,1H3/p+1/t6-/m1/s1. The Morgan fingerprint density at radius 3 is 2.78 bits per heavy atom. The summed E-state index contributed by atoms with van der Waals surface area (Å²) < 4.78 is 0. The van der Waals surface area contributed by atoms with Crippen LogP contribution in [-0.2, 0) is 0 Å². The lowest BCUT2D eigenvalue weighted by atomic mass is 10.2. The lowest BCUT2D eigenvalue weighted by Gasteiger charge is -1.97. The molecule has 9 heavy (non-hydrogen) atoms. The lowest BCUT2D eigenvalue weighted by molar-refractivity contribution is -0.420. The maximum Gasteiger partial charge on any atom is 0.109 e. The van der Waals surface area contributed by atoms with E-state index in [9.17, 15) is 0 Å². The maximum absolute atomic E-state index is 3.97. The number of nitrogens with zero attached hydrogens (tertiary/aromatic N) is 1. The Labute approximate surface area is 54.7 Å². The van der Waals surface area contributed by atoms with Crippen molar-refractivity contribution < 1.29 is 5.73 Å². The Morgan fingerprint density at radius 1 is 1.67 bits per heavy atom. The summed E-state index contributed by atoms with van der Waals surface area (Å²) >= 11 is 0. The monoisotopic (exact) mass is 123 g/mol. The third-order valence-electron chi connectivity index (χ3n) is 1.25. The molecule has 1 rings (SSSR count). The normalized spacial score (nSPS) is 13.1. The van der Waals surface area contributed by atoms with Crippen molar-refractivity contribution in [3.8, 4) is 0 Å². The summed E-state index contributed by atoms with van der Waals surface area (Å²) in [6, 6.07) is 4.31. The van der Waals surface area contributed by atoms with E-state index in [1.165, 1.54) is 5.56 Å². The van der Waals surface area contributed by atoms with Gasteiger partial charge in [-0.1, -0.05) is 6.07 Å². The van der Waals surface area contributed by atoms with Crippen LogP contribution in [0.4, 0.5) is 0 Å². The molecule has 0 spiro atoms. The van der Waals surface area contributed by atoms with E-state index in [2.05, 4.69) is 17.6 Å². The van der Waals surface area contributed by atoms with Crippen molar-refractivity contribution >= 4 is 0 Å². The summed E-state index contributed by atoms with van der Waals surface area (Å²) in [6.07, 6.45) is 3.61. The lowest BCUT2D eigenvalue weighted by Crippen LogP contribution is -2.51. The second-order valence-electron chi connectivity index (χ2n) is 2.19. The summed E-state index contributed by atoms with van der Waals surface area (Å²) in [5, 5.41) is 0. The highest BCUT2D eigenvalue weighted by atomic mass is 14.7. The Morgan fingerprint density at radius 2 is 2.44 bits per heavy atom. The first-order valence-corrected chi connectivity index (χ1v) is 3.03. The minimum absolute atomic E-state index is 0.346. The SMILES string of the molecule is C[C@@H]([NH3+])c1cccnc1. The molecule has 0 aromatic carbocycles. The minimum Gasteiger partial charge on any atom is -0.352 e. The summed E-state index contributed by atoms with van der Waals surface area (Å²) in [5.41, 5.74) is 5.06. The first-order chi connectivity index (χ1) is 4.30. The van der Waals surface area contributed by atoms with Gasteiger partial charge in [-0.3, -0.25) is 4.98 Å². The van der Waals surface area contributed by atoms with E-state index in [-0.39, 0.29) is 0 Å². The molecule has 0 saturated carbocycles.